The monoisotopic (exact) mass is 399 g/mol. The van der Waals surface area contributed by atoms with Gasteiger partial charge in [-0.3, -0.25) is 4.79 Å². The van der Waals surface area contributed by atoms with Gasteiger partial charge in [0.2, 0.25) is 0 Å². The predicted molar refractivity (Wildman–Crippen MR) is 78.4 cm³/mol. The van der Waals surface area contributed by atoms with E-state index in [2.05, 4.69) is 21.2 Å². The van der Waals surface area contributed by atoms with Gasteiger partial charge in [-0.2, -0.15) is 0 Å². The van der Waals surface area contributed by atoms with E-state index >= 15 is 0 Å². The van der Waals surface area contributed by atoms with Crippen LogP contribution < -0.4 is 5.32 Å². The third-order valence-corrected chi connectivity index (χ3v) is 5.37. The van der Waals surface area contributed by atoms with E-state index in [1.54, 1.807) is 0 Å². The number of nitrogens with one attached hydrogen (secondary N) is 1. The van der Waals surface area contributed by atoms with Gasteiger partial charge in [0.15, 0.2) is 0 Å². The minimum absolute atomic E-state index is 0.0300. The summed E-state index contributed by atoms with van der Waals surface area (Å²) in [4.78, 5) is 11.7. The second-order valence-electron chi connectivity index (χ2n) is 4.56. The van der Waals surface area contributed by atoms with Crippen LogP contribution in [0.25, 0.3) is 0 Å². The van der Waals surface area contributed by atoms with Crippen molar-refractivity contribution in [2.45, 2.75) is 23.8 Å². The minimum atomic E-state index is -4.08. The van der Waals surface area contributed by atoms with E-state index in [9.17, 15) is 17.6 Å². The smallest absolute Gasteiger partial charge is 0.262 e. The van der Waals surface area contributed by atoms with Crippen LogP contribution in [-0.4, -0.2) is 33.6 Å². The number of hydrogen-bond donors (Lipinski definition) is 1. The molecular weight excluding hydrogens is 389 g/mol. The Hall–Kier alpha value is -0.700. The number of halogens is 3. The highest BCUT2D eigenvalue weighted by Crippen LogP contribution is 2.28. The topological polar surface area (TPSA) is 72.5 Å². The number of rotatable bonds is 3. The van der Waals surface area contributed by atoms with Gasteiger partial charge in [-0.05, 0) is 40.9 Å². The summed E-state index contributed by atoms with van der Waals surface area (Å²) in [6.45, 7) is 1.05. The Morgan fingerprint density at radius 2 is 2.00 bits per heavy atom. The Bertz CT molecular complexity index is 661. The van der Waals surface area contributed by atoms with Crippen molar-refractivity contribution in [3.63, 3.8) is 0 Å². The minimum Gasteiger partial charge on any atom is -0.381 e. The van der Waals surface area contributed by atoms with E-state index in [-0.39, 0.29) is 21.0 Å². The Balaban J connectivity index is 2.28. The quantitative estimate of drug-likeness (QED) is 0.791. The molecule has 0 atom stereocenters. The zero-order chi connectivity index (χ0) is 15.6. The Morgan fingerprint density at radius 3 is 2.57 bits per heavy atom. The zero-order valence-corrected chi connectivity index (χ0v) is 13.9. The van der Waals surface area contributed by atoms with E-state index in [4.69, 9.17) is 15.4 Å². The summed E-state index contributed by atoms with van der Waals surface area (Å²) in [7, 11) is 1.18. The van der Waals surface area contributed by atoms with Gasteiger partial charge >= 0.3 is 0 Å². The molecule has 0 aliphatic carbocycles. The van der Waals surface area contributed by atoms with Crippen molar-refractivity contribution in [3.8, 4) is 0 Å². The van der Waals surface area contributed by atoms with Crippen LogP contribution in [0.3, 0.4) is 0 Å². The molecule has 0 aromatic heterocycles. The molecule has 116 valence electrons. The molecule has 0 unspecified atom stereocenters. The lowest BCUT2D eigenvalue weighted by Crippen LogP contribution is -2.39. The molecule has 1 saturated heterocycles. The van der Waals surface area contributed by atoms with Gasteiger partial charge in [-0.15, -0.1) is 0 Å². The number of benzene rings is 1. The van der Waals surface area contributed by atoms with E-state index in [0.29, 0.717) is 26.1 Å². The van der Waals surface area contributed by atoms with Gasteiger partial charge in [0.1, 0.15) is 5.82 Å². The number of carbonyl (C=O) groups excluding carboxylic acids is 1. The summed E-state index contributed by atoms with van der Waals surface area (Å²) >= 11 is 2.91. The lowest BCUT2D eigenvalue weighted by molar-refractivity contribution is 0.0694. The summed E-state index contributed by atoms with van der Waals surface area (Å²) in [5.41, 5.74) is -0.357. The Labute approximate surface area is 134 Å². The van der Waals surface area contributed by atoms with Crippen molar-refractivity contribution in [2.24, 2.45) is 0 Å². The number of carbonyl (C=O) groups is 1. The third kappa shape index (κ3) is 4.15. The first-order chi connectivity index (χ1) is 9.79. The molecule has 2 rings (SSSR count). The van der Waals surface area contributed by atoms with Crippen molar-refractivity contribution in [3.05, 3.63) is 28.0 Å². The highest BCUT2D eigenvalue weighted by atomic mass is 79.9. The molecule has 0 radical (unpaired) electrons. The summed E-state index contributed by atoms with van der Waals surface area (Å²) in [5, 5.41) is 2.66. The fraction of sp³-hybridized carbons (Fsp3) is 0.417. The normalized spacial score (nSPS) is 16.7. The van der Waals surface area contributed by atoms with Crippen LogP contribution in [0.2, 0.25) is 0 Å². The average molecular weight is 401 g/mol. The fourth-order valence-corrected chi connectivity index (χ4v) is 4.16. The molecule has 1 N–H and O–H groups in total. The number of hydrogen-bond acceptors (Lipinski definition) is 4. The molecule has 0 saturated carbocycles. The van der Waals surface area contributed by atoms with Gasteiger partial charge in [0.05, 0.1) is 10.5 Å². The standard InChI is InChI=1S/C12H12BrClFNO4S/c13-9-6-10(15)8(5-11(9)21(14,18)19)12(17)16-7-1-3-20-4-2-7/h5-7H,1-4H2,(H,16,17). The van der Waals surface area contributed by atoms with Gasteiger partial charge in [-0.25, -0.2) is 12.8 Å². The Kier molecular flexibility index (Phi) is 5.24. The van der Waals surface area contributed by atoms with Gasteiger partial charge in [0, 0.05) is 34.4 Å². The zero-order valence-electron chi connectivity index (χ0n) is 10.7. The first kappa shape index (κ1) is 16.7. The number of amides is 1. The molecule has 1 fully saturated rings. The molecule has 1 amide bonds. The molecule has 21 heavy (non-hydrogen) atoms. The summed E-state index contributed by atoms with van der Waals surface area (Å²) in [5.74, 6) is -1.50. The van der Waals surface area contributed by atoms with Gasteiger partial charge in [0.25, 0.3) is 15.0 Å². The molecule has 1 aliphatic heterocycles. The van der Waals surface area contributed by atoms with Crippen LogP contribution >= 0.6 is 26.6 Å². The van der Waals surface area contributed by atoms with Crippen molar-refractivity contribution in [1.29, 1.82) is 0 Å². The molecule has 1 aromatic rings. The van der Waals surface area contributed by atoms with Crippen molar-refractivity contribution >= 4 is 41.6 Å². The largest absolute Gasteiger partial charge is 0.381 e. The van der Waals surface area contributed by atoms with Crippen LogP contribution in [0.4, 0.5) is 4.39 Å². The van der Waals surface area contributed by atoms with Crippen molar-refractivity contribution < 1.29 is 22.3 Å². The maximum atomic E-state index is 13.9. The summed E-state index contributed by atoms with van der Waals surface area (Å²) in [6, 6.07) is 1.72. The molecular formula is C12H12BrClFNO4S. The fourth-order valence-electron chi connectivity index (χ4n) is 2.00. The average Bonchev–Trinajstić information content (AvgIpc) is 2.38. The predicted octanol–water partition coefficient (Wildman–Crippen LogP) is 2.42. The van der Waals surface area contributed by atoms with Gasteiger partial charge < -0.3 is 10.1 Å². The number of ether oxygens (including phenoxy) is 1. The second kappa shape index (κ2) is 6.60. The van der Waals surface area contributed by atoms with Gasteiger partial charge in [-0.1, -0.05) is 0 Å². The SMILES string of the molecule is O=C(NC1CCOCC1)c1cc(S(=O)(=O)Cl)c(Br)cc1F. The molecule has 1 aromatic carbocycles. The van der Waals surface area contributed by atoms with E-state index in [0.717, 1.165) is 12.1 Å². The van der Waals surface area contributed by atoms with Crippen LogP contribution in [-0.2, 0) is 13.8 Å². The van der Waals surface area contributed by atoms with Crippen LogP contribution in [0.5, 0.6) is 0 Å². The van der Waals surface area contributed by atoms with Crippen LogP contribution in [0.1, 0.15) is 23.2 Å². The maximum absolute atomic E-state index is 13.9. The van der Waals surface area contributed by atoms with Crippen LogP contribution in [0.15, 0.2) is 21.5 Å². The molecule has 5 nitrogen and oxygen atoms in total. The van der Waals surface area contributed by atoms with E-state index in [1.807, 2.05) is 0 Å². The first-order valence-corrected chi connectivity index (χ1v) is 9.21. The van der Waals surface area contributed by atoms with Crippen molar-refractivity contribution in [2.75, 3.05) is 13.2 Å². The first-order valence-electron chi connectivity index (χ1n) is 6.11. The lowest BCUT2D eigenvalue weighted by Gasteiger charge is -2.23. The summed E-state index contributed by atoms with van der Waals surface area (Å²) in [6.07, 6.45) is 1.26. The highest BCUT2D eigenvalue weighted by molar-refractivity contribution is 9.10. The molecule has 9 heteroatoms. The molecule has 0 spiro atoms. The summed E-state index contributed by atoms with van der Waals surface area (Å²) < 4.78 is 41.8. The lowest BCUT2D eigenvalue weighted by atomic mass is 10.1. The second-order valence-corrected chi connectivity index (χ2v) is 7.95. The molecule has 1 aliphatic rings. The maximum Gasteiger partial charge on any atom is 0.262 e. The third-order valence-electron chi connectivity index (χ3n) is 3.09. The van der Waals surface area contributed by atoms with E-state index in [1.165, 1.54) is 0 Å². The Morgan fingerprint density at radius 1 is 1.38 bits per heavy atom. The molecule has 1 heterocycles. The van der Waals surface area contributed by atoms with Crippen LogP contribution in [0, 0.1) is 5.82 Å². The molecule has 0 bridgehead atoms. The van der Waals surface area contributed by atoms with E-state index < -0.39 is 20.8 Å². The van der Waals surface area contributed by atoms with Crippen molar-refractivity contribution in [1.82, 2.24) is 5.32 Å². The highest BCUT2D eigenvalue weighted by Gasteiger charge is 2.23.